The molecule has 1 aliphatic rings. The first kappa shape index (κ1) is 28.9. The van der Waals surface area contributed by atoms with Gasteiger partial charge in [0.05, 0.1) is 5.56 Å². The predicted octanol–water partition coefficient (Wildman–Crippen LogP) is 6.99. The number of rotatable bonds is 6. The van der Waals surface area contributed by atoms with Crippen LogP contribution in [0.3, 0.4) is 0 Å². The molecule has 1 aliphatic heterocycles. The van der Waals surface area contributed by atoms with Crippen LogP contribution in [0, 0.1) is 5.92 Å². The molecule has 0 saturated carbocycles. The molecule has 210 valence electrons. The molecule has 0 spiro atoms. The highest BCUT2D eigenvalue weighted by molar-refractivity contribution is 6.04. The Balaban J connectivity index is 1.64. The number of halogens is 3. The smallest absolute Gasteiger partial charge is 0.417 e. The quantitative estimate of drug-likeness (QED) is 0.345. The number of amides is 2. The summed E-state index contributed by atoms with van der Waals surface area (Å²) in [6.45, 7) is 9.56. The molecule has 0 saturated heterocycles. The zero-order chi connectivity index (χ0) is 29.6. The molecule has 2 N–H and O–H groups in total. The molecule has 3 aromatic carbocycles. The van der Waals surface area contributed by atoms with Gasteiger partial charge in [-0.3, -0.25) is 9.59 Å². The summed E-state index contributed by atoms with van der Waals surface area (Å²) in [5.41, 5.74) is 0.955. The number of carbonyl (C=O) groups is 3. The first-order chi connectivity index (χ1) is 18.6. The molecule has 0 radical (unpaired) electrons. The maximum atomic E-state index is 14.2. The second kappa shape index (κ2) is 10.4. The number of anilines is 1. The van der Waals surface area contributed by atoms with Crippen molar-refractivity contribution in [3.05, 3.63) is 88.5 Å². The van der Waals surface area contributed by atoms with Crippen LogP contribution in [-0.4, -0.2) is 33.8 Å². The van der Waals surface area contributed by atoms with Crippen LogP contribution >= 0.6 is 0 Å². The molecule has 3 aromatic rings. The average molecular weight is 553 g/mol. The number of hydrogen-bond donors (Lipinski definition) is 2. The number of nitrogens with zero attached hydrogens (tertiary/aromatic N) is 1. The number of carbonyl (C=O) groups excluding carboxylic acids is 2. The molecule has 0 aromatic heterocycles. The highest BCUT2D eigenvalue weighted by Crippen LogP contribution is 2.40. The highest BCUT2D eigenvalue weighted by Gasteiger charge is 2.39. The van der Waals surface area contributed by atoms with Crippen molar-refractivity contribution in [1.82, 2.24) is 4.90 Å². The van der Waals surface area contributed by atoms with Gasteiger partial charge in [0, 0.05) is 23.4 Å². The molecule has 0 bridgehead atoms. The number of carboxylic acids is 1. The predicted molar refractivity (Wildman–Crippen MR) is 146 cm³/mol. The van der Waals surface area contributed by atoms with E-state index in [1.165, 1.54) is 29.2 Å². The number of nitrogens with one attached hydrogen (secondary N) is 1. The molecule has 4 rings (SSSR count). The standard InChI is InChI=1S/C31H31F3N2O4/c1-17(2)26(29(39)40)36-16-20-7-6-19(14-24(20)28(36)38)23-13-12-22(15-25(23)31(32,33)34)35-27(37)18-8-10-21(11-9-18)30(3,4)5/h6-15,17,26H,16H2,1-5H3,(H,35,37)(H,39,40). The summed E-state index contributed by atoms with van der Waals surface area (Å²) in [4.78, 5) is 38.9. The molecule has 2 amide bonds. The third-order valence-electron chi connectivity index (χ3n) is 7.07. The second-order valence-electron chi connectivity index (χ2n) is 11.4. The molecule has 0 aliphatic carbocycles. The van der Waals surface area contributed by atoms with Crippen LogP contribution in [0.15, 0.2) is 60.7 Å². The fourth-order valence-electron chi connectivity index (χ4n) is 4.93. The molecular formula is C31H31F3N2O4. The van der Waals surface area contributed by atoms with E-state index in [4.69, 9.17) is 0 Å². The van der Waals surface area contributed by atoms with Crippen LogP contribution in [0.5, 0.6) is 0 Å². The van der Waals surface area contributed by atoms with E-state index in [0.717, 1.165) is 11.6 Å². The summed E-state index contributed by atoms with van der Waals surface area (Å²) in [5.74, 6) is -2.57. The number of alkyl halides is 3. The van der Waals surface area contributed by atoms with Gasteiger partial charge in [-0.1, -0.05) is 65.0 Å². The minimum atomic E-state index is -4.74. The number of aliphatic carboxylic acids is 1. The van der Waals surface area contributed by atoms with Crippen LogP contribution in [0.2, 0.25) is 0 Å². The minimum Gasteiger partial charge on any atom is -0.480 e. The largest absolute Gasteiger partial charge is 0.480 e. The fourth-order valence-corrected chi connectivity index (χ4v) is 4.93. The van der Waals surface area contributed by atoms with Crippen molar-refractivity contribution in [2.24, 2.45) is 5.92 Å². The van der Waals surface area contributed by atoms with E-state index in [0.29, 0.717) is 11.1 Å². The molecular weight excluding hydrogens is 521 g/mol. The first-order valence-electron chi connectivity index (χ1n) is 12.9. The normalized spacial score (nSPS) is 14.3. The molecule has 40 heavy (non-hydrogen) atoms. The highest BCUT2D eigenvalue weighted by atomic mass is 19.4. The Morgan fingerprint density at radius 2 is 1.57 bits per heavy atom. The summed E-state index contributed by atoms with van der Waals surface area (Å²) in [5, 5.41) is 12.2. The van der Waals surface area contributed by atoms with Crippen molar-refractivity contribution >= 4 is 23.5 Å². The molecule has 6 nitrogen and oxygen atoms in total. The monoisotopic (exact) mass is 552 g/mol. The maximum absolute atomic E-state index is 14.2. The molecule has 1 heterocycles. The van der Waals surface area contributed by atoms with Gasteiger partial charge in [-0.2, -0.15) is 13.2 Å². The van der Waals surface area contributed by atoms with Gasteiger partial charge in [0.2, 0.25) is 0 Å². The Hall–Kier alpha value is -4.14. The van der Waals surface area contributed by atoms with Gasteiger partial charge in [-0.25, -0.2) is 4.79 Å². The Morgan fingerprint density at radius 3 is 2.12 bits per heavy atom. The van der Waals surface area contributed by atoms with Crippen molar-refractivity contribution in [3.8, 4) is 11.1 Å². The van der Waals surface area contributed by atoms with E-state index >= 15 is 0 Å². The van der Waals surface area contributed by atoms with E-state index in [1.807, 2.05) is 32.9 Å². The summed E-state index contributed by atoms with van der Waals surface area (Å²) in [6.07, 6.45) is -4.74. The van der Waals surface area contributed by atoms with E-state index in [1.54, 1.807) is 32.0 Å². The van der Waals surface area contributed by atoms with Crippen molar-refractivity contribution in [2.45, 2.75) is 58.8 Å². The lowest BCUT2D eigenvalue weighted by Gasteiger charge is -2.27. The van der Waals surface area contributed by atoms with Crippen molar-refractivity contribution < 1.29 is 32.7 Å². The van der Waals surface area contributed by atoms with Crippen LogP contribution in [0.1, 0.15) is 72.0 Å². The lowest BCUT2D eigenvalue weighted by molar-refractivity contribution is -0.144. The Kier molecular flexibility index (Phi) is 7.53. The lowest BCUT2D eigenvalue weighted by atomic mass is 9.86. The number of fused-ring (bicyclic) bond motifs is 1. The Morgan fingerprint density at radius 1 is 0.925 bits per heavy atom. The third-order valence-corrected chi connectivity index (χ3v) is 7.07. The van der Waals surface area contributed by atoms with Gasteiger partial charge in [-0.05, 0) is 63.9 Å². The topological polar surface area (TPSA) is 86.7 Å². The van der Waals surface area contributed by atoms with Crippen molar-refractivity contribution in [2.75, 3.05) is 5.32 Å². The summed E-state index contributed by atoms with van der Waals surface area (Å²) < 4.78 is 42.5. The van der Waals surface area contributed by atoms with E-state index in [2.05, 4.69) is 5.32 Å². The Labute approximate surface area is 230 Å². The number of benzene rings is 3. The summed E-state index contributed by atoms with van der Waals surface area (Å²) in [6, 6.07) is 13.8. The number of carboxylic acid groups (broad SMARTS) is 1. The Bertz CT molecular complexity index is 1470. The average Bonchev–Trinajstić information content (AvgIpc) is 3.17. The van der Waals surface area contributed by atoms with Crippen LogP contribution in [0.4, 0.5) is 18.9 Å². The number of hydrogen-bond acceptors (Lipinski definition) is 3. The van der Waals surface area contributed by atoms with Crippen LogP contribution in [0.25, 0.3) is 11.1 Å². The zero-order valence-electron chi connectivity index (χ0n) is 22.9. The second-order valence-corrected chi connectivity index (χ2v) is 11.4. The summed E-state index contributed by atoms with van der Waals surface area (Å²) >= 11 is 0. The third kappa shape index (κ3) is 5.73. The van der Waals surface area contributed by atoms with Gasteiger partial charge < -0.3 is 15.3 Å². The van der Waals surface area contributed by atoms with E-state index < -0.39 is 35.6 Å². The molecule has 0 fully saturated rings. The lowest BCUT2D eigenvalue weighted by Crippen LogP contribution is -2.44. The summed E-state index contributed by atoms with van der Waals surface area (Å²) in [7, 11) is 0. The van der Waals surface area contributed by atoms with Gasteiger partial charge in [0.15, 0.2) is 0 Å². The fraction of sp³-hybridized carbons (Fsp3) is 0.323. The van der Waals surface area contributed by atoms with Crippen molar-refractivity contribution in [1.29, 1.82) is 0 Å². The molecule has 9 heteroatoms. The maximum Gasteiger partial charge on any atom is 0.417 e. The zero-order valence-corrected chi connectivity index (χ0v) is 22.9. The van der Waals surface area contributed by atoms with Crippen LogP contribution < -0.4 is 5.32 Å². The SMILES string of the molecule is CC(C)C(C(=O)O)N1Cc2ccc(-c3ccc(NC(=O)c4ccc(C(C)(C)C)cc4)cc3C(F)(F)F)cc2C1=O. The van der Waals surface area contributed by atoms with E-state index in [9.17, 15) is 32.7 Å². The van der Waals surface area contributed by atoms with Gasteiger partial charge in [-0.15, -0.1) is 0 Å². The van der Waals surface area contributed by atoms with Gasteiger partial charge >= 0.3 is 12.1 Å². The van der Waals surface area contributed by atoms with E-state index in [-0.39, 0.29) is 40.3 Å². The van der Waals surface area contributed by atoms with Crippen LogP contribution in [-0.2, 0) is 22.9 Å². The first-order valence-corrected chi connectivity index (χ1v) is 12.9. The van der Waals surface area contributed by atoms with Gasteiger partial charge in [0.1, 0.15) is 6.04 Å². The van der Waals surface area contributed by atoms with Gasteiger partial charge in [0.25, 0.3) is 11.8 Å². The molecule has 1 atom stereocenters. The molecule has 1 unspecified atom stereocenters. The van der Waals surface area contributed by atoms with Crippen molar-refractivity contribution in [3.63, 3.8) is 0 Å². The minimum absolute atomic E-state index is 0.0226.